The summed E-state index contributed by atoms with van der Waals surface area (Å²) in [6.07, 6.45) is 0. The molecule has 2 aromatic heterocycles. The van der Waals surface area contributed by atoms with Gasteiger partial charge in [0.15, 0.2) is 5.76 Å². The first-order valence-corrected chi connectivity index (χ1v) is 6.45. The van der Waals surface area contributed by atoms with Crippen molar-refractivity contribution in [2.45, 2.75) is 0 Å². The number of nitrogens with zero attached hydrogens (tertiary/aromatic N) is 1. The van der Waals surface area contributed by atoms with Crippen LogP contribution in [0.2, 0.25) is 0 Å². The summed E-state index contributed by atoms with van der Waals surface area (Å²) in [6.45, 7) is 0. The molecular weight excluding hydrogens is 346 g/mol. The van der Waals surface area contributed by atoms with E-state index in [0.29, 0.717) is 15.5 Å². The van der Waals surface area contributed by atoms with Gasteiger partial charge in [0.25, 0.3) is 0 Å². The molecule has 0 spiro atoms. The van der Waals surface area contributed by atoms with Gasteiger partial charge in [-0.1, -0.05) is 0 Å². The number of benzene rings is 1. The average Bonchev–Trinajstić information content (AvgIpc) is 3.02. The number of ketones is 1. The molecule has 0 aliphatic rings. The van der Waals surface area contributed by atoms with Crippen molar-refractivity contribution in [3.05, 3.63) is 60.7 Å². The number of rotatable bonds is 3. The number of hydrogen-bond donors (Lipinski definition) is 2. The summed E-state index contributed by atoms with van der Waals surface area (Å²) in [5.41, 5.74) is 0.818. The van der Waals surface area contributed by atoms with E-state index in [9.17, 15) is 19.7 Å². The standard InChI is InChI=1S/C12H6BrN3O5/c13-6-4-8-7(14-12(18)15-8)3-5(6)11(17)9-1-2-10(21-9)16(19)20/h1-4H,(H2,14,15,18). The quantitative estimate of drug-likeness (QED) is 0.426. The zero-order valence-electron chi connectivity index (χ0n) is 10.2. The molecule has 2 heterocycles. The van der Waals surface area contributed by atoms with Crippen molar-refractivity contribution >= 4 is 38.6 Å². The zero-order chi connectivity index (χ0) is 15.1. The summed E-state index contributed by atoms with van der Waals surface area (Å²) in [7, 11) is 0. The topological polar surface area (TPSA) is 122 Å². The minimum atomic E-state index is -0.724. The number of H-pyrrole nitrogens is 2. The van der Waals surface area contributed by atoms with Gasteiger partial charge in [0, 0.05) is 10.0 Å². The maximum atomic E-state index is 12.3. The Morgan fingerprint density at radius 2 is 1.90 bits per heavy atom. The van der Waals surface area contributed by atoms with Gasteiger partial charge in [-0.05, 0) is 34.1 Å². The van der Waals surface area contributed by atoms with Crippen LogP contribution in [-0.2, 0) is 0 Å². The predicted molar refractivity (Wildman–Crippen MR) is 75.4 cm³/mol. The summed E-state index contributed by atoms with van der Waals surface area (Å²) in [6, 6.07) is 5.38. The number of hydrogen-bond acceptors (Lipinski definition) is 5. The van der Waals surface area contributed by atoms with E-state index >= 15 is 0 Å². The third-order valence-electron chi connectivity index (χ3n) is 2.84. The lowest BCUT2D eigenvalue weighted by Crippen LogP contribution is -2.01. The number of carbonyl (C=O) groups excluding carboxylic acids is 1. The highest BCUT2D eigenvalue weighted by molar-refractivity contribution is 9.10. The van der Waals surface area contributed by atoms with Gasteiger partial charge in [-0.3, -0.25) is 14.9 Å². The Morgan fingerprint density at radius 3 is 2.52 bits per heavy atom. The van der Waals surface area contributed by atoms with Crippen LogP contribution in [0.15, 0.2) is 37.9 Å². The lowest BCUT2D eigenvalue weighted by Gasteiger charge is -2.01. The Hall–Kier alpha value is -2.68. The molecule has 3 aromatic rings. The van der Waals surface area contributed by atoms with Crippen LogP contribution >= 0.6 is 15.9 Å². The largest absolute Gasteiger partial charge is 0.433 e. The van der Waals surface area contributed by atoms with Crippen molar-refractivity contribution in [1.82, 2.24) is 9.97 Å². The normalized spacial score (nSPS) is 10.9. The van der Waals surface area contributed by atoms with Gasteiger partial charge >= 0.3 is 11.6 Å². The molecule has 0 fully saturated rings. The number of aromatic amines is 2. The molecule has 0 saturated heterocycles. The molecule has 106 valence electrons. The molecule has 0 aliphatic heterocycles. The molecule has 8 nitrogen and oxygen atoms in total. The SMILES string of the molecule is O=C(c1ccc([N+](=O)[O-])o1)c1cc2[nH]c(=O)[nH]c2cc1Br. The summed E-state index contributed by atoms with van der Waals surface area (Å²) in [5.74, 6) is -1.19. The number of fused-ring (bicyclic) bond motifs is 1. The molecule has 0 radical (unpaired) electrons. The van der Waals surface area contributed by atoms with Gasteiger partial charge < -0.3 is 14.4 Å². The fraction of sp³-hybridized carbons (Fsp3) is 0. The second-order valence-electron chi connectivity index (χ2n) is 4.18. The molecule has 2 N–H and O–H groups in total. The van der Waals surface area contributed by atoms with Gasteiger partial charge in [-0.15, -0.1) is 0 Å². The fourth-order valence-corrected chi connectivity index (χ4v) is 2.43. The van der Waals surface area contributed by atoms with E-state index in [2.05, 4.69) is 25.9 Å². The maximum Gasteiger partial charge on any atom is 0.433 e. The van der Waals surface area contributed by atoms with Crippen LogP contribution in [0.1, 0.15) is 16.1 Å². The minimum Gasteiger partial charge on any atom is -0.397 e. The summed E-state index contributed by atoms with van der Waals surface area (Å²) in [5, 5.41) is 10.6. The summed E-state index contributed by atoms with van der Waals surface area (Å²) < 4.78 is 5.32. The van der Waals surface area contributed by atoms with E-state index in [1.807, 2.05) is 0 Å². The second-order valence-corrected chi connectivity index (χ2v) is 5.04. The first kappa shape index (κ1) is 13.3. The van der Waals surface area contributed by atoms with Crippen LogP contribution in [0.25, 0.3) is 11.0 Å². The first-order valence-electron chi connectivity index (χ1n) is 5.66. The molecule has 0 unspecified atom stereocenters. The first-order chi connectivity index (χ1) is 9.95. The fourth-order valence-electron chi connectivity index (χ4n) is 1.91. The number of nitrogens with one attached hydrogen (secondary N) is 2. The van der Waals surface area contributed by atoms with Crippen molar-refractivity contribution in [3.63, 3.8) is 0 Å². The molecule has 9 heteroatoms. The highest BCUT2D eigenvalue weighted by atomic mass is 79.9. The van der Waals surface area contributed by atoms with Crippen molar-refractivity contribution in [1.29, 1.82) is 0 Å². The number of nitro groups is 1. The van der Waals surface area contributed by atoms with Crippen LogP contribution in [0.3, 0.4) is 0 Å². The molecule has 0 saturated carbocycles. The zero-order valence-corrected chi connectivity index (χ0v) is 11.8. The summed E-state index contributed by atoms with van der Waals surface area (Å²) >= 11 is 3.23. The average molecular weight is 352 g/mol. The van der Waals surface area contributed by atoms with E-state index in [1.165, 1.54) is 12.1 Å². The van der Waals surface area contributed by atoms with Crippen LogP contribution in [-0.4, -0.2) is 20.7 Å². The number of imidazole rings is 1. The van der Waals surface area contributed by atoms with Crippen LogP contribution in [0.4, 0.5) is 5.88 Å². The van der Waals surface area contributed by atoms with Gasteiger partial charge in [-0.25, -0.2) is 4.79 Å². The van der Waals surface area contributed by atoms with Crippen molar-refractivity contribution in [2.24, 2.45) is 0 Å². The third kappa shape index (κ3) is 2.27. The van der Waals surface area contributed by atoms with Gasteiger partial charge in [0.2, 0.25) is 5.78 Å². The smallest absolute Gasteiger partial charge is 0.397 e. The molecule has 0 amide bonds. The van der Waals surface area contributed by atoms with Crippen molar-refractivity contribution in [2.75, 3.05) is 0 Å². The number of halogens is 1. The van der Waals surface area contributed by atoms with E-state index < -0.39 is 22.3 Å². The Balaban J connectivity index is 2.09. The van der Waals surface area contributed by atoms with E-state index in [4.69, 9.17) is 4.42 Å². The predicted octanol–water partition coefficient (Wildman–Crippen LogP) is 2.35. The molecular formula is C12H6BrN3O5. The number of carbonyl (C=O) groups is 1. The molecule has 0 bridgehead atoms. The number of aromatic nitrogens is 2. The Morgan fingerprint density at radius 1 is 1.24 bits per heavy atom. The number of furan rings is 1. The second kappa shape index (κ2) is 4.70. The van der Waals surface area contributed by atoms with Gasteiger partial charge in [0.05, 0.1) is 17.1 Å². The highest BCUT2D eigenvalue weighted by Crippen LogP contribution is 2.26. The van der Waals surface area contributed by atoms with Crippen LogP contribution in [0, 0.1) is 10.1 Å². The lowest BCUT2D eigenvalue weighted by molar-refractivity contribution is -0.402. The third-order valence-corrected chi connectivity index (χ3v) is 3.50. The Labute approximate surface area is 124 Å². The Kier molecular flexibility index (Phi) is 2.98. The van der Waals surface area contributed by atoms with Gasteiger partial charge in [0.1, 0.15) is 4.92 Å². The molecule has 3 rings (SSSR count). The lowest BCUT2D eigenvalue weighted by atomic mass is 10.1. The van der Waals surface area contributed by atoms with Crippen LogP contribution in [0.5, 0.6) is 0 Å². The van der Waals surface area contributed by atoms with Crippen LogP contribution < -0.4 is 5.69 Å². The molecule has 21 heavy (non-hydrogen) atoms. The monoisotopic (exact) mass is 351 g/mol. The Bertz CT molecular complexity index is 936. The van der Waals surface area contributed by atoms with Crippen molar-refractivity contribution < 1.29 is 14.1 Å². The van der Waals surface area contributed by atoms with E-state index in [-0.39, 0.29) is 11.3 Å². The van der Waals surface area contributed by atoms with E-state index in [0.717, 1.165) is 6.07 Å². The minimum absolute atomic E-state index is 0.153. The molecule has 0 atom stereocenters. The van der Waals surface area contributed by atoms with E-state index in [1.54, 1.807) is 6.07 Å². The summed E-state index contributed by atoms with van der Waals surface area (Å²) in [4.78, 5) is 38.5. The molecule has 1 aromatic carbocycles. The van der Waals surface area contributed by atoms with Gasteiger partial charge in [-0.2, -0.15) is 0 Å². The van der Waals surface area contributed by atoms with Crippen molar-refractivity contribution in [3.8, 4) is 0 Å². The maximum absolute atomic E-state index is 12.3. The molecule has 0 aliphatic carbocycles. The highest BCUT2D eigenvalue weighted by Gasteiger charge is 2.21.